The van der Waals surface area contributed by atoms with Crippen molar-refractivity contribution < 1.29 is 9.13 Å². The van der Waals surface area contributed by atoms with E-state index in [0.717, 1.165) is 44.5 Å². The maximum Gasteiger partial charge on any atom is 0.123 e. The molecule has 1 aliphatic rings. The number of fused-ring (bicyclic) bond motifs is 1. The minimum atomic E-state index is -0.223. The van der Waals surface area contributed by atoms with Crippen LogP contribution in [-0.4, -0.2) is 42.7 Å². The number of H-pyrrole nitrogens is 1. The molecule has 3 aromatic rings. The summed E-state index contributed by atoms with van der Waals surface area (Å²) in [5, 5.41) is 1.29. The van der Waals surface area contributed by atoms with Crippen molar-refractivity contribution in [3.8, 4) is 0 Å². The molecule has 4 nitrogen and oxygen atoms in total. The predicted molar refractivity (Wildman–Crippen MR) is 120 cm³/mol. The molecule has 1 aromatic heterocycles. The van der Waals surface area contributed by atoms with Crippen molar-refractivity contribution in [2.24, 2.45) is 5.73 Å². The van der Waals surface area contributed by atoms with Gasteiger partial charge in [0, 0.05) is 43.3 Å². The van der Waals surface area contributed by atoms with E-state index in [1.54, 1.807) is 19.2 Å². The first-order valence-electron chi connectivity index (χ1n) is 10.6. The average Bonchev–Trinajstić information content (AvgIpc) is 3.17. The number of nitrogens with one attached hydrogen (secondary N) is 1. The molecular weight excluding hydrogens is 377 g/mol. The molecule has 0 saturated heterocycles. The number of halogens is 1. The molecule has 158 valence electrons. The van der Waals surface area contributed by atoms with Gasteiger partial charge < -0.3 is 15.5 Å². The normalized spacial score (nSPS) is 18.5. The molecule has 0 saturated carbocycles. The van der Waals surface area contributed by atoms with Crippen LogP contribution in [0.2, 0.25) is 0 Å². The Balaban J connectivity index is 1.34. The lowest BCUT2D eigenvalue weighted by Gasteiger charge is -2.32. The van der Waals surface area contributed by atoms with Gasteiger partial charge >= 0.3 is 0 Å². The minimum Gasteiger partial charge on any atom is -0.376 e. The Labute approximate surface area is 177 Å². The van der Waals surface area contributed by atoms with Crippen LogP contribution in [0.15, 0.2) is 66.4 Å². The van der Waals surface area contributed by atoms with E-state index in [1.807, 2.05) is 0 Å². The Morgan fingerprint density at radius 2 is 2.00 bits per heavy atom. The third-order valence-electron chi connectivity index (χ3n) is 5.97. The number of aromatic nitrogens is 1. The summed E-state index contributed by atoms with van der Waals surface area (Å²) >= 11 is 0. The molecule has 0 spiro atoms. The van der Waals surface area contributed by atoms with Crippen LogP contribution < -0.4 is 5.73 Å². The Morgan fingerprint density at radius 3 is 2.80 bits per heavy atom. The number of ether oxygens (including phenoxy) is 1. The second-order valence-electron chi connectivity index (χ2n) is 8.17. The number of aromatic amines is 1. The van der Waals surface area contributed by atoms with Crippen LogP contribution in [0.5, 0.6) is 0 Å². The highest BCUT2D eigenvalue weighted by Gasteiger charge is 2.21. The quantitative estimate of drug-likeness (QED) is 0.537. The molecule has 0 aliphatic carbocycles. The second kappa shape index (κ2) is 9.56. The summed E-state index contributed by atoms with van der Waals surface area (Å²) in [6.45, 7) is 2.82. The van der Waals surface area contributed by atoms with Crippen LogP contribution >= 0.6 is 0 Å². The van der Waals surface area contributed by atoms with Gasteiger partial charge in [0.15, 0.2) is 0 Å². The Hall–Kier alpha value is -2.47. The molecule has 1 aliphatic heterocycles. The van der Waals surface area contributed by atoms with E-state index in [0.29, 0.717) is 0 Å². The molecule has 2 aromatic carbocycles. The monoisotopic (exact) mass is 407 g/mol. The highest BCUT2D eigenvalue weighted by Crippen LogP contribution is 2.24. The number of nitrogens with zero attached hydrogens (tertiary/aromatic N) is 1. The minimum absolute atomic E-state index is 0.0603. The summed E-state index contributed by atoms with van der Waals surface area (Å²) in [6, 6.07) is 14.9. The maximum atomic E-state index is 13.1. The van der Waals surface area contributed by atoms with Crippen LogP contribution in [0.1, 0.15) is 30.0 Å². The van der Waals surface area contributed by atoms with Crippen molar-refractivity contribution >= 4 is 10.9 Å². The summed E-state index contributed by atoms with van der Waals surface area (Å²) in [7, 11) is 1.78. The highest BCUT2D eigenvalue weighted by molar-refractivity contribution is 5.83. The lowest BCUT2D eigenvalue weighted by atomic mass is 9.98. The zero-order valence-electron chi connectivity index (χ0n) is 17.5. The maximum absolute atomic E-state index is 13.1. The van der Waals surface area contributed by atoms with Crippen LogP contribution in [-0.2, 0) is 11.2 Å². The molecule has 2 atom stereocenters. The second-order valence-corrected chi connectivity index (χ2v) is 8.17. The SMILES string of the molecule is COC1C=C(Cc2c[nH]c3ccccc23)CN(CCCC(N)c2ccc(F)cc2)C1. The smallest absolute Gasteiger partial charge is 0.123 e. The average molecular weight is 408 g/mol. The molecule has 3 N–H and O–H groups in total. The molecule has 2 unspecified atom stereocenters. The van der Waals surface area contributed by atoms with Gasteiger partial charge in [0.2, 0.25) is 0 Å². The van der Waals surface area contributed by atoms with Crippen molar-refractivity contribution in [3.63, 3.8) is 0 Å². The van der Waals surface area contributed by atoms with Crippen LogP contribution in [0.25, 0.3) is 10.9 Å². The van der Waals surface area contributed by atoms with E-state index >= 15 is 0 Å². The summed E-state index contributed by atoms with van der Waals surface area (Å²) in [5.74, 6) is -0.223. The van der Waals surface area contributed by atoms with Crippen molar-refractivity contribution in [2.45, 2.75) is 31.4 Å². The van der Waals surface area contributed by atoms with Gasteiger partial charge in [-0.15, -0.1) is 0 Å². The van der Waals surface area contributed by atoms with E-state index in [4.69, 9.17) is 10.5 Å². The van der Waals surface area contributed by atoms with Crippen molar-refractivity contribution in [1.29, 1.82) is 0 Å². The number of hydrogen-bond acceptors (Lipinski definition) is 3. The number of benzene rings is 2. The first kappa shape index (κ1) is 20.8. The van der Waals surface area contributed by atoms with E-state index < -0.39 is 0 Å². The fraction of sp³-hybridized carbons (Fsp3) is 0.360. The number of hydrogen-bond donors (Lipinski definition) is 2. The van der Waals surface area contributed by atoms with E-state index in [-0.39, 0.29) is 18.0 Å². The van der Waals surface area contributed by atoms with Gasteiger partial charge in [-0.2, -0.15) is 0 Å². The van der Waals surface area contributed by atoms with Crippen molar-refractivity contribution in [1.82, 2.24) is 9.88 Å². The molecule has 0 bridgehead atoms. The summed E-state index contributed by atoms with van der Waals surface area (Å²) < 4.78 is 18.8. The zero-order valence-corrected chi connectivity index (χ0v) is 17.5. The summed E-state index contributed by atoms with van der Waals surface area (Å²) in [5.41, 5.74) is 11.2. The molecule has 2 heterocycles. The van der Waals surface area contributed by atoms with Gasteiger partial charge in [-0.1, -0.05) is 42.0 Å². The largest absolute Gasteiger partial charge is 0.376 e. The number of para-hydroxylation sites is 1. The van der Waals surface area contributed by atoms with E-state index in [9.17, 15) is 4.39 Å². The van der Waals surface area contributed by atoms with Gasteiger partial charge in [-0.25, -0.2) is 4.39 Å². The number of methoxy groups -OCH3 is 1. The molecule has 0 fully saturated rings. The molecule has 0 radical (unpaired) electrons. The predicted octanol–water partition coefficient (Wildman–Crippen LogP) is 4.59. The van der Waals surface area contributed by atoms with Crippen molar-refractivity contribution in [3.05, 3.63) is 83.3 Å². The van der Waals surface area contributed by atoms with E-state index in [2.05, 4.69) is 46.4 Å². The molecule has 0 amide bonds. The molecule has 30 heavy (non-hydrogen) atoms. The third kappa shape index (κ3) is 4.98. The van der Waals surface area contributed by atoms with Gasteiger partial charge in [0.1, 0.15) is 5.82 Å². The topological polar surface area (TPSA) is 54.3 Å². The zero-order chi connectivity index (χ0) is 20.9. The number of rotatable bonds is 8. The standard InChI is InChI=1S/C25H30FN3O/c1-30-22-14-18(13-20-15-28-25-7-3-2-5-23(20)25)16-29(17-22)12-4-6-24(27)19-8-10-21(26)11-9-19/h2-3,5,7-11,14-15,22,24,28H,4,6,12-13,16-17,27H2,1H3. The first-order chi connectivity index (χ1) is 14.6. The van der Waals surface area contributed by atoms with Gasteiger partial charge in [0.25, 0.3) is 0 Å². The molecule has 5 heteroatoms. The Morgan fingerprint density at radius 1 is 1.20 bits per heavy atom. The van der Waals surface area contributed by atoms with E-state index in [1.165, 1.54) is 34.2 Å². The third-order valence-corrected chi connectivity index (χ3v) is 5.97. The summed E-state index contributed by atoms with van der Waals surface area (Å²) in [6.07, 6.45) is 7.31. The molecular formula is C25H30FN3O. The van der Waals surface area contributed by atoms with Crippen LogP contribution in [0.4, 0.5) is 4.39 Å². The van der Waals surface area contributed by atoms with Crippen LogP contribution in [0, 0.1) is 5.82 Å². The highest BCUT2D eigenvalue weighted by atomic mass is 19.1. The fourth-order valence-corrected chi connectivity index (χ4v) is 4.34. The lowest BCUT2D eigenvalue weighted by Crippen LogP contribution is -2.39. The fourth-order valence-electron chi connectivity index (χ4n) is 4.34. The Kier molecular flexibility index (Phi) is 6.62. The Bertz CT molecular complexity index is 995. The molecule has 4 rings (SSSR count). The van der Waals surface area contributed by atoms with Crippen molar-refractivity contribution in [2.75, 3.05) is 26.7 Å². The summed E-state index contributed by atoms with van der Waals surface area (Å²) in [4.78, 5) is 5.82. The number of nitrogens with two attached hydrogens (primary N) is 1. The lowest BCUT2D eigenvalue weighted by molar-refractivity contribution is 0.0887. The van der Waals surface area contributed by atoms with Crippen LogP contribution in [0.3, 0.4) is 0 Å². The van der Waals surface area contributed by atoms with Gasteiger partial charge in [-0.3, -0.25) is 4.90 Å². The van der Waals surface area contributed by atoms with Gasteiger partial charge in [0.05, 0.1) is 6.10 Å². The first-order valence-corrected chi connectivity index (χ1v) is 10.6. The van der Waals surface area contributed by atoms with Gasteiger partial charge in [-0.05, 0) is 55.1 Å².